The van der Waals surface area contributed by atoms with Gasteiger partial charge in [-0.05, 0) is 11.4 Å². The van der Waals surface area contributed by atoms with Gasteiger partial charge in [0.05, 0.1) is 30.0 Å². The van der Waals surface area contributed by atoms with Crippen molar-refractivity contribution in [1.82, 2.24) is 9.71 Å². The number of hydrogen-bond donors (Lipinski definition) is 3. The second kappa shape index (κ2) is 8.75. The Labute approximate surface area is 166 Å². The van der Waals surface area contributed by atoms with Crippen LogP contribution in [0.3, 0.4) is 0 Å². The highest BCUT2D eigenvalue weighted by Crippen LogP contribution is 2.28. The molecule has 2 rings (SSSR count). The number of carbonyl (C=O) groups is 2. The highest BCUT2D eigenvalue weighted by molar-refractivity contribution is 7.90. The number of nitrogens with zero attached hydrogens (tertiary/aromatic N) is 1. The van der Waals surface area contributed by atoms with Crippen molar-refractivity contribution in [3.05, 3.63) is 34.7 Å². The van der Waals surface area contributed by atoms with Gasteiger partial charge in [-0.15, -0.1) is 13.2 Å². The van der Waals surface area contributed by atoms with Crippen LogP contribution in [0.2, 0.25) is 0 Å². The standard InChI is InChI=1S/C15H14F3N3O6S2/c1-8(6-22)12(23)20-11-4-10(27-15(16,17)18)5-19-14(11)29(25,26)21-13(24)9-2-3-28-7-9/h2-5,7-8,22H,6H2,1H3,(H,20,23)(H,21,24). The Kier molecular flexibility index (Phi) is 6.81. The molecule has 9 nitrogen and oxygen atoms in total. The number of aliphatic hydroxyl groups excluding tert-OH is 1. The first-order valence-corrected chi connectivity index (χ1v) is 10.1. The number of ether oxygens (including phenoxy) is 1. The molecule has 2 aromatic rings. The van der Waals surface area contributed by atoms with Crippen molar-refractivity contribution < 1.29 is 41.0 Å². The Balaban J connectivity index is 2.42. The third-order valence-corrected chi connectivity index (χ3v) is 5.28. The number of amides is 2. The quantitative estimate of drug-likeness (QED) is 0.581. The van der Waals surface area contributed by atoms with E-state index in [1.165, 1.54) is 23.8 Å². The summed E-state index contributed by atoms with van der Waals surface area (Å²) in [5, 5.41) is 13.1. The monoisotopic (exact) mass is 453 g/mol. The smallest absolute Gasteiger partial charge is 0.404 e. The van der Waals surface area contributed by atoms with E-state index in [2.05, 4.69) is 15.0 Å². The van der Waals surface area contributed by atoms with Crippen LogP contribution in [0.25, 0.3) is 0 Å². The van der Waals surface area contributed by atoms with Crippen LogP contribution in [0, 0.1) is 5.92 Å². The van der Waals surface area contributed by atoms with Gasteiger partial charge >= 0.3 is 6.36 Å². The van der Waals surface area contributed by atoms with Crippen molar-refractivity contribution in [3.8, 4) is 5.75 Å². The minimum Gasteiger partial charge on any atom is -0.404 e. The molecule has 158 valence electrons. The van der Waals surface area contributed by atoms with Crippen molar-refractivity contribution in [2.75, 3.05) is 11.9 Å². The van der Waals surface area contributed by atoms with Gasteiger partial charge in [0.2, 0.25) is 5.91 Å². The van der Waals surface area contributed by atoms with Crippen molar-refractivity contribution in [2.24, 2.45) is 5.92 Å². The largest absolute Gasteiger partial charge is 0.573 e. The maximum Gasteiger partial charge on any atom is 0.573 e. The second-order valence-corrected chi connectivity index (χ2v) is 7.97. The molecule has 0 saturated carbocycles. The molecule has 0 aliphatic heterocycles. The van der Waals surface area contributed by atoms with Gasteiger partial charge in [0.15, 0.2) is 5.03 Å². The number of aliphatic hydroxyl groups is 1. The van der Waals surface area contributed by atoms with E-state index in [1.807, 2.05) is 0 Å². The minimum atomic E-state index is -5.09. The lowest BCUT2D eigenvalue weighted by molar-refractivity contribution is -0.274. The molecule has 29 heavy (non-hydrogen) atoms. The third kappa shape index (κ3) is 6.13. The molecule has 0 saturated heterocycles. The number of pyridine rings is 1. The van der Waals surface area contributed by atoms with E-state index in [0.29, 0.717) is 12.3 Å². The van der Waals surface area contributed by atoms with Crippen LogP contribution in [-0.4, -0.2) is 43.3 Å². The van der Waals surface area contributed by atoms with Crippen LogP contribution >= 0.6 is 11.3 Å². The molecule has 0 aromatic carbocycles. The highest BCUT2D eigenvalue weighted by Gasteiger charge is 2.33. The Hall–Kier alpha value is -2.71. The predicted octanol–water partition coefficient (Wildman–Crippen LogP) is 1.73. The summed E-state index contributed by atoms with van der Waals surface area (Å²) in [7, 11) is -4.67. The molecule has 0 spiro atoms. The van der Waals surface area contributed by atoms with Gasteiger partial charge in [0.1, 0.15) is 5.75 Å². The Morgan fingerprint density at radius 1 is 1.38 bits per heavy atom. The van der Waals surface area contributed by atoms with E-state index in [0.717, 1.165) is 11.3 Å². The van der Waals surface area contributed by atoms with Crippen molar-refractivity contribution in [2.45, 2.75) is 18.3 Å². The van der Waals surface area contributed by atoms with E-state index in [4.69, 9.17) is 5.11 Å². The zero-order valence-electron chi connectivity index (χ0n) is 14.6. The number of carbonyl (C=O) groups excluding carboxylic acids is 2. The fraction of sp³-hybridized carbons (Fsp3) is 0.267. The number of hydrogen-bond acceptors (Lipinski definition) is 8. The van der Waals surface area contributed by atoms with Gasteiger partial charge in [0.25, 0.3) is 15.9 Å². The Bertz CT molecular complexity index is 993. The SMILES string of the molecule is CC(CO)C(=O)Nc1cc(OC(F)(F)F)cnc1S(=O)(=O)NC(=O)c1ccsc1. The number of aromatic nitrogens is 1. The lowest BCUT2D eigenvalue weighted by Gasteiger charge is -2.15. The first-order chi connectivity index (χ1) is 13.4. The van der Waals surface area contributed by atoms with E-state index in [1.54, 1.807) is 4.72 Å². The lowest BCUT2D eigenvalue weighted by atomic mass is 10.2. The molecule has 2 aromatic heterocycles. The van der Waals surface area contributed by atoms with Crippen LogP contribution in [0.5, 0.6) is 5.75 Å². The molecule has 2 amide bonds. The summed E-state index contributed by atoms with van der Waals surface area (Å²) in [5.74, 6) is -3.78. The number of nitrogens with one attached hydrogen (secondary N) is 2. The summed E-state index contributed by atoms with van der Waals surface area (Å²) in [6, 6.07) is 1.95. The molecule has 0 aliphatic carbocycles. The molecule has 0 fully saturated rings. The number of anilines is 1. The average Bonchev–Trinajstić information content (AvgIpc) is 3.14. The van der Waals surface area contributed by atoms with Gasteiger partial charge in [-0.3, -0.25) is 9.59 Å². The van der Waals surface area contributed by atoms with Crippen LogP contribution in [0.4, 0.5) is 18.9 Å². The van der Waals surface area contributed by atoms with Gasteiger partial charge in [0, 0.05) is 11.4 Å². The molecular weight excluding hydrogens is 439 g/mol. The van der Waals surface area contributed by atoms with Gasteiger partial charge < -0.3 is 15.2 Å². The number of halogens is 3. The zero-order chi connectivity index (χ0) is 21.8. The fourth-order valence-corrected chi connectivity index (χ4v) is 3.57. The summed E-state index contributed by atoms with van der Waals surface area (Å²) in [6.45, 7) is 0.695. The lowest BCUT2D eigenvalue weighted by Crippen LogP contribution is -2.32. The van der Waals surface area contributed by atoms with E-state index in [9.17, 15) is 31.2 Å². The maximum atomic E-state index is 12.5. The summed E-state index contributed by atoms with van der Waals surface area (Å²) in [5.41, 5.74) is -0.627. The summed E-state index contributed by atoms with van der Waals surface area (Å²) < 4.78 is 67.7. The molecule has 0 bridgehead atoms. The minimum absolute atomic E-state index is 0.0371. The third-order valence-electron chi connectivity index (χ3n) is 3.30. The molecular formula is C15H14F3N3O6S2. The van der Waals surface area contributed by atoms with Crippen LogP contribution in [0.1, 0.15) is 17.3 Å². The van der Waals surface area contributed by atoms with E-state index >= 15 is 0 Å². The van der Waals surface area contributed by atoms with Gasteiger partial charge in [-0.2, -0.15) is 19.8 Å². The first-order valence-electron chi connectivity index (χ1n) is 7.70. The normalized spacial score (nSPS) is 12.9. The average molecular weight is 453 g/mol. The van der Waals surface area contributed by atoms with Crippen molar-refractivity contribution in [1.29, 1.82) is 0 Å². The van der Waals surface area contributed by atoms with Crippen LogP contribution in [0.15, 0.2) is 34.1 Å². The molecule has 0 radical (unpaired) electrons. The van der Waals surface area contributed by atoms with Gasteiger partial charge in [-0.25, -0.2) is 9.71 Å². The number of alkyl halides is 3. The number of thiophene rings is 1. The summed E-state index contributed by atoms with van der Waals surface area (Å²) >= 11 is 1.14. The Morgan fingerprint density at radius 3 is 2.62 bits per heavy atom. The fourth-order valence-electron chi connectivity index (χ4n) is 1.89. The molecule has 1 atom stereocenters. The van der Waals surface area contributed by atoms with E-state index in [-0.39, 0.29) is 5.56 Å². The van der Waals surface area contributed by atoms with Crippen molar-refractivity contribution >= 4 is 38.9 Å². The zero-order valence-corrected chi connectivity index (χ0v) is 16.2. The van der Waals surface area contributed by atoms with Crippen LogP contribution in [-0.2, 0) is 14.8 Å². The molecule has 2 heterocycles. The first kappa shape index (κ1) is 22.6. The Morgan fingerprint density at radius 2 is 2.07 bits per heavy atom. The predicted molar refractivity (Wildman–Crippen MR) is 94.8 cm³/mol. The maximum absolute atomic E-state index is 12.5. The molecule has 1 unspecified atom stereocenters. The highest BCUT2D eigenvalue weighted by atomic mass is 32.2. The number of sulfonamides is 1. The summed E-state index contributed by atoms with van der Waals surface area (Å²) in [4.78, 5) is 27.4. The van der Waals surface area contributed by atoms with Crippen molar-refractivity contribution in [3.63, 3.8) is 0 Å². The summed E-state index contributed by atoms with van der Waals surface area (Å²) in [6.07, 6.45) is -4.61. The molecule has 0 aliphatic rings. The number of rotatable bonds is 7. The van der Waals surface area contributed by atoms with Crippen LogP contribution < -0.4 is 14.8 Å². The molecule has 3 N–H and O–H groups in total. The topological polar surface area (TPSA) is 135 Å². The van der Waals surface area contributed by atoms with E-state index < -0.39 is 57.2 Å². The van der Waals surface area contributed by atoms with Gasteiger partial charge in [-0.1, -0.05) is 6.92 Å². The second-order valence-electron chi connectivity index (χ2n) is 5.59. The molecule has 14 heteroatoms.